The van der Waals surface area contributed by atoms with Gasteiger partial charge in [-0.2, -0.15) is 0 Å². The van der Waals surface area contributed by atoms with Crippen molar-refractivity contribution in [1.29, 1.82) is 0 Å². The first-order valence-corrected chi connectivity index (χ1v) is 10.5. The molecule has 1 aliphatic heterocycles. The Bertz CT molecular complexity index is 1080. The maximum Gasteiger partial charge on any atom is 0.252 e. The van der Waals surface area contributed by atoms with Crippen molar-refractivity contribution in [3.05, 3.63) is 77.4 Å². The second-order valence-corrected chi connectivity index (χ2v) is 7.93. The van der Waals surface area contributed by atoms with Crippen molar-refractivity contribution in [3.8, 4) is 0 Å². The lowest BCUT2D eigenvalue weighted by Crippen LogP contribution is -2.35. The number of carbonyl (C=O) groups excluding carboxylic acids is 2. The Labute approximate surface area is 176 Å². The van der Waals surface area contributed by atoms with E-state index in [1.54, 1.807) is 6.07 Å². The molecule has 1 aliphatic rings. The second-order valence-electron chi connectivity index (χ2n) is 7.93. The third-order valence-electron chi connectivity index (χ3n) is 5.76. The number of anilines is 1. The number of hydrogen-bond donors (Lipinski definition) is 3. The van der Waals surface area contributed by atoms with Crippen LogP contribution in [0.4, 0.5) is 5.69 Å². The van der Waals surface area contributed by atoms with E-state index in [0.717, 1.165) is 41.3 Å². The zero-order valence-electron chi connectivity index (χ0n) is 17.4. The molecule has 0 saturated carbocycles. The van der Waals surface area contributed by atoms with Crippen LogP contribution >= 0.6 is 0 Å². The minimum absolute atomic E-state index is 0.0492. The number of hydrogen-bond acceptors (Lipinski definition) is 3. The Morgan fingerprint density at radius 1 is 1.07 bits per heavy atom. The van der Waals surface area contributed by atoms with Crippen molar-refractivity contribution in [2.75, 3.05) is 11.9 Å². The summed E-state index contributed by atoms with van der Waals surface area (Å²) in [5, 5.41) is 11.5. The summed E-state index contributed by atoms with van der Waals surface area (Å²) in [6.07, 6.45) is 1.85. The third-order valence-corrected chi connectivity index (χ3v) is 5.76. The lowest BCUT2D eigenvalue weighted by Gasteiger charge is -2.18. The Balaban J connectivity index is 1.51. The molecular formula is C25H27N3O2. The van der Waals surface area contributed by atoms with E-state index in [9.17, 15) is 9.59 Å². The lowest BCUT2D eigenvalue weighted by molar-refractivity contribution is -0.117. The van der Waals surface area contributed by atoms with Gasteiger partial charge in [-0.1, -0.05) is 48.5 Å². The number of amides is 2. The van der Waals surface area contributed by atoms with E-state index in [4.69, 9.17) is 0 Å². The molecule has 0 spiro atoms. The van der Waals surface area contributed by atoms with E-state index in [1.165, 1.54) is 0 Å². The molecule has 4 rings (SSSR count). The zero-order chi connectivity index (χ0) is 21.1. The maximum atomic E-state index is 13.0. The van der Waals surface area contributed by atoms with Crippen LogP contribution in [0.15, 0.2) is 60.7 Å². The molecule has 3 aromatic rings. The highest BCUT2D eigenvalue weighted by Gasteiger charge is 2.22. The van der Waals surface area contributed by atoms with Crippen molar-refractivity contribution in [3.63, 3.8) is 0 Å². The van der Waals surface area contributed by atoms with Gasteiger partial charge in [0.2, 0.25) is 5.91 Å². The van der Waals surface area contributed by atoms with Crippen LogP contribution in [0.3, 0.4) is 0 Å². The van der Waals surface area contributed by atoms with Crippen LogP contribution in [0.2, 0.25) is 0 Å². The Morgan fingerprint density at radius 3 is 2.67 bits per heavy atom. The summed E-state index contributed by atoms with van der Waals surface area (Å²) in [7, 11) is 0. The van der Waals surface area contributed by atoms with Crippen LogP contribution in [0, 0.1) is 6.92 Å². The van der Waals surface area contributed by atoms with Gasteiger partial charge in [-0.3, -0.25) is 9.59 Å². The van der Waals surface area contributed by atoms with Crippen LogP contribution in [0.25, 0.3) is 10.8 Å². The first-order valence-electron chi connectivity index (χ1n) is 10.5. The van der Waals surface area contributed by atoms with Gasteiger partial charge in [-0.15, -0.1) is 0 Å². The lowest BCUT2D eigenvalue weighted by atomic mass is 9.99. The summed E-state index contributed by atoms with van der Waals surface area (Å²) in [6.45, 7) is 4.76. The summed E-state index contributed by atoms with van der Waals surface area (Å²) in [5.41, 5.74) is 3.16. The van der Waals surface area contributed by atoms with Crippen molar-refractivity contribution in [2.45, 2.75) is 38.8 Å². The molecule has 30 heavy (non-hydrogen) atoms. The van der Waals surface area contributed by atoms with Crippen LogP contribution < -0.4 is 16.0 Å². The van der Waals surface area contributed by atoms with Crippen molar-refractivity contribution < 1.29 is 9.59 Å². The van der Waals surface area contributed by atoms with Gasteiger partial charge >= 0.3 is 0 Å². The molecule has 0 unspecified atom stereocenters. The highest BCUT2D eigenvalue weighted by molar-refractivity contribution is 6.00. The normalized spacial score (nSPS) is 16.9. The molecule has 1 heterocycles. The number of aryl methyl sites for hydroxylation is 1. The standard InChI is InChI=1S/C25H27N3O2/c1-16-12-13-19(28-25(30)23-11-6-14-26-23)15-22(16)24(29)27-17(2)20-10-5-8-18-7-3-4-9-21(18)20/h3-5,7-10,12-13,15,17,23,26H,6,11,14H2,1-2H3,(H,27,29)(H,28,30)/t17-,23-/m1/s1. The van der Waals surface area contributed by atoms with E-state index in [2.05, 4.69) is 34.1 Å². The summed E-state index contributed by atoms with van der Waals surface area (Å²) in [5.74, 6) is -0.199. The molecule has 0 bridgehead atoms. The van der Waals surface area contributed by atoms with E-state index in [1.807, 2.05) is 50.2 Å². The average molecular weight is 402 g/mol. The number of benzene rings is 3. The average Bonchev–Trinajstić information content (AvgIpc) is 3.29. The van der Waals surface area contributed by atoms with Gasteiger partial charge in [0, 0.05) is 11.3 Å². The van der Waals surface area contributed by atoms with E-state index < -0.39 is 0 Å². The highest BCUT2D eigenvalue weighted by atomic mass is 16.2. The van der Waals surface area contributed by atoms with Gasteiger partial charge in [0.05, 0.1) is 12.1 Å². The molecular weight excluding hydrogens is 374 g/mol. The van der Waals surface area contributed by atoms with Gasteiger partial charge < -0.3 is 16.0 Å². The van der Waals surface area contributed by atoms with Crippen LogP contribution in [-0.2, 0) is 4.79 Å². The fourth-order valence-electron chi connectivity index (χ4n) is 4.06. The van der Waals surface area contributed by atoms with Gasteiger partial charge in [0.1, 0.15) is 0 Å². The largest absolute Gasteiger partial charge is 0.345 e. The first-order chi connectivity index (χ1) is 14.5. The topological polar surface area (TPSA) is 70.2 Å². The maximum absolute atomic E-state index is 13.0. The van der Waals surface area contributed by atoms with Gasteiger partial charge in [-0.25, -0.2) is 0 Å². The number of rotatable bonds is 5. The SMILES string of the molecule is Cc1ccc(NC(=O)[C@H]2CCCN2)cc1C(=O)N[C@H](C)c1cccc2ccccc12. The van der Waals surface area contributed by atoms with E-state index in [0.29, 0.717) is 11.3 Å². The van der Waals surface area contributed by atoms with Crippen LogP contribution in [0.5, 0.6) is 0 Å². The van der Waals surface area contributed by atoms with Gasteiger partial charge in [-0.05, 0) is 67.3 Å². The van der Waals surface area contributed by atoms with Crippen LogP contribution in [-0.4, -0.2) is 24.4 Å². The Kier molecular flexibility index (Phi) is 5.81. The predicted molar refractivity (Wildman–Crippen MR) is 121 cm³/mol. The summed E-state index contributed by atoms with van der Waals surface area (Å²) < 4.78 is 0. The molecule has 1 fully saturated rings. The fraction of sp³-hybridized carbons (Fsp3) is 0.280. The highest BCUT2D eigenvalue weighted by Crippen LogP contribution is 2.25. The summed E-state index contributed by atoms with van der Waals surface area (Å²) in [4.78, 5) is 25.4. The molecule has 2 amide bonds. The molecule has 3 N–H and O–H groups in total. The quantitative estimate of drug-likeness (QED) is 0.596. The molecule has 3 aromatic carbocycles. The number of carbonyl (C=O) groups is 2. The molecule has 1 saturated heterocycles. The number of fused-ring (bicyclic) bond motifs is 1. The first kappa shape index (κ1) is 20.1. The van der Waals surface area contributed by atoms with Crippen molar-refractivity contribution in [2.24, 2.45) is 0 Å². The second kappa shape index (κ2) is 8.67. The third kappa shape index (κ3) is 4.21. The molecule has 2 atom stereocenters. The van der Waals surface area contributed by atoms with E-state index >= 15 is 0 Å². The minimum Gasteiger partial charge on any atom is -0.345 e. The fourth-order valence-corrected chi connectivity index (χ4v) is 4.06. The zero-order valence-corrected chi connectivity index (χ0v) is 17.4. The number of nitrogens with one attached hydrogen (secondary N) is 3. The summed E-state index contributed by atoms with van der Waals surface area (Å²) in [6, 6.07) is 19.5. The predicted octanol–water partition coefficient (Wildman–Crippen LogP) is 4.33. The summed E-state index contributed by atoms with van der Waals surface area (Å²) >= 11 is 0. The van der Waals surface area contributed by atoms with E-state index in [-0.39, 0.29) is 23.9 Å². The van der Waals surface area contributed by atoms with Gasteiger partial charge in [0.25, 0.3) is 5.91 Å². The monoisotopic (exact) mass is 401 g/mol. The molecule has 0 aliphatic carbocycles. The van der Waals surface area contributed by atoms with Gasteiger partial charge in [0.15, 0.2) is 0 Å². The van der Waals surface area contributed by atoms with Crippen molar-refractivity contribution >= 4 is 28.3 Å². The molecule has 0 radical (unpaired) electrons. The molecule has 0 aromatic heterocycles. The molecule has 154 valence electrons. The smallest absolute Gasteiger partial charge is 0.252 e. The molecule has 5 nitrogen and oxygen atoms in total. The molecule has 5 heteroatoms. The van der Waals surface area contributed by atoms with Crippen LogP contribution in [0.1, 0.15) is 47.3 Å². The van der Waals surface area contributed by atoms with Crippen molar-refractivity contribution in [1.82, 2.24) is 10.6 Å². The Hall–Kier alpha value is -3.18. The Morgan fingerprint density at radius 2 is 1.87 bits per heavy atom. The minimum atomic E-state index is -0.157.